The summed E-state index contributed by atoms with van der Waals surface area (Å²) in [4.78, 5) is 22.2. The second-order valence-electron chi connectivity index (χ2n) is 6.22. The zero-order valence-corrected chi connectivity index (χ0v) is 14.0. The van der Waals surface area contributed by atoms with Gasteiger partial charge in [-0.05, 0) is 18.6 Å². The van der Waals surface area contributed by atoms with Crippen molar-refractivity contribution in [2.75, 3.05) is 50.7 Å². The number of likely N-dealkylation sites (tertiary alicyclic amines) is 1. The molecule has 1 unspecified atom stereocenters. The molecule has 3 rings (SSSR count). The Hall–Kier alpha value is -1.37. The minimum atomic E-state index is -0.475. The monoisotopic (exact) mass is 338 g/mol. The summed E-state index contributed by atoms with van der Waals surface area (Å²) in [6.07, 6.45) is 2.73. The van der Waals surface area contributed by atoms with Gasteiger partial charge in [0.05, 0.1) is 11.1 Å². The van der Waals surface area contributed by atoms with Crippen LogP contribution >= 0.6 is 11.6 Å². The molecule has 7 heteroatoms. The fourth-order valence-corrected chi connectivity index (χ4v) is 3.33. The number of pyridine rings is 1. The van der Waals surface area contributed by atoms with Gasteiger partial charge in [0, 0.05) is 58.4 Å². The minimum Gasteiger partial charge on any atom is -0.390 e. The molecule has 1 atom stereocenters. The third-order valence-electron chi connectivity index (χ3n) is 4.48. The molecule has 0 spiro atoms. The lowest BCUT2D eigenvalue weighted by Crippen LogP contribution is -2.50. The molecule has 1 amide bonds. The van der Waals surface area contributed by atoms with Gasteiger partial charge in [-0.25, -0.2) is 4.98 Å². The molecule has 126 valence electrons. The van der Waals surface area contributed by atoms with Gasteiger partial charge in [0.1, 0.15) is 5.82 Å². The van der Waals surface area contributed by atoms with E-state index in [9.17, 15) is 9.90 Å². The van der Waals surface area contributed by atoms with Crippen molar-refractivity contribution in [3.63, 3.8) is 0 Å². The third kappa shape index (κ3) is 4.34. The highest BCUT2D eigenvalue weighted by molar-refractivity contribution is 6.30. The maximum absolute atomic E-state index is 11.6. The van der Waals surface area contributed by atoms with Crippen LogP contribution in [0.15, 0.2) is 18.3 Å². The lowest BCUT2D eigenvalue weighted by molar-refractivity contribution is -0.129. The number of carbonyl (C=O) groups excluding carboxylic acids is 1. The largest absolute Gasteiger partial charge is 0.390 e. The number of rotatable bonds is 5. The Kier molecular flexibility index (Phi) is 5.35. The number of anilines is 1. The molecule has 0 aliphatic carbocycles. The zero-order valence-electron chi connectivity index (χ0n) is 13.2. The molecule has 2 fully saturated rings. The van der Waals surface area contributed by atoms with E-state index in [-0.39, 0.29) is 5.91 Å². The summed E-state index contributed by atoms with van der Waals surface area (Å²) < 4.78 is 0. The smallest absolute Gasteiger partial charge is 0.222 e. The maximum atomic E-state index is 11.6. The quantitative estimate of drug-likeness (QED) is 0.862. The number of amides is 1. The highest BCUT2D eigenvalue weighted by atomic mass is 35.5. The van der Waals surface area contributed by atoms with E-state index in [1.165, 1.54) is 0 Å². The molecule has 2 aliphatic heterocycles. The highest BCUT2D eigenvalue weighted by Crippen LogP contribution is 2.16. The Morgan fingerprint density at radius 1 is 1.17 bits per heavy atom. The van der Waals surface area contributed by atoms with Crippen LogP contribution in [-0.4, -0.2) is 77.7 Å². The number of β-amino-alcohol motifs (C(OH)–C–C–N with tert-alkyl or cyclic N) is 1. The molecular formula is C16H23ClN4O2. The van der Waals surface area contributed by atoms with Crippen LogP contribution in [0.2, 0.25) is 5.02 Å². The molecule has 2 saturated heterocycles. The van der Waals surface area contributed by atoms with Crippen molar-refractivity contribution in [3.05, 3.63) is 23.4 Å². The number of aliphatic hydroxyl groups excluding tert-OH is 1. The van der Waals surface area contributed by atoms with Gasteiger partial charge < -0.3 is 14.9 Å². The minimum absolute atomic E-state index is 0.169. The lowest BCUT2D eigenvalue weighted by Gasteiger charge is -2.36. The van der Waals surface area contributed by atoms with Gasteiger partial charge in [-0.3, -0.25) is 9.69 Å². The third-order valence-corrected chi connectivity index (χ3v) is 4.70. The van der Waals surface area contributed by atoms with E-state index in [4.69, 9.17) is 11.6 Å². The summed E-state index contributed by atoms with van der Waals surface area (Å²) >= 11 is 5.87. The number of piperazine rings is 1. The van der Waals surface area contributed by atoms with Crippen molar-refractivity contribution >= 4 is 23.3 Å². The summed E-state index contributed by atoms with van der Waals surface area (Å²) in [5.74, 6) is 1.11. The van der Waals surface area contributed by atoms with E-state index in [1.807, 2.05) is 12.1 Å². The Labute approximate surface area is 141 Å². The van der Waals surface area contributed by atoms with Gasteiger partial charge in [-0.1, -0.05) is 11.6 Å². The molecule has 0 saturated carbocycles. The van der Waals surface area contributed by atoms with Crippen molar-refractivity contribution in [1.29, 1.82) is 0 Å². The predicted molar refractivity (Wildman–Crippen MR) is 89.7 cm³/mol. The Morgan fingerprint density at radius 2 is 1.96 bits per heavy atom. The number of hydrogen-bond donors (Lipinski definition) is 1. The summed E-state index contributed by atoms with van der Waals surface area (Å²) in [5.41, 5.74) is 0. The zero-order chi connectivity index (χ0) is 16.2. The second kappa shape index (κ2) is 7.47. The number of hydrogen-bond acceptors (Lipinski definition) is 5. The maximum Gasteiger partial charge on any atom is 0.222 e. The van der Waals surface area contributed by atoms with Crippen molar-refractivity contribution in [1.82, 2.24) is 14.8 Å². The van der Waals surface area contributed by atoms with Crippen molar-refractivity contribution in [2.24, 2.45) is 0 Å². The van der Waals surface area contributed by atoms with Gasteiger partial charge in [0.25, 0.3) is 0 Å². The molecular weight excluding hydrogens is 316 g/mol. The topological polar surface area (TPSA) is 59.9 Å². The van der Waals surface area contributed by atoms with E-state index in [0.29, 0.717) is 24.5 Å². The van der Waals surface area contributed by atoms with Crippen LogP contribution < -0.4 is 4.90 Å². The van der Waals surface area contributed by atoms with E-state index >= 15 is 0 Å². The van der Waals surface area contributed by atoms with Gasteiger partial charge >= 0.3 is 0 Å². The molecule has 1 aromatic heterocycles. The fourth-order valence-electron chi connectivity index (χ4n) is 3.22. The lowest BCUT2D eigenvalue weighted by atomic mass is 10.2. The molecule has 0 bridgehead atoms. The van der Waals surface area contributed by atoms with Crippen LogP contribution in [0.5, 0.6) is 0 Å². The Morgan fingerprint density at radius 3 is 2.57 bits per heavy atom. The number of aromatic nitrogens is 1. The number of carbonyl (C=O) groups is 1. The van der Waals surface area contributed by atoms with E-state index < -0.39 is 6.10 Å². The SMILES string of the molecule is O=C1CCCN1CC(O)CN1CCN(c2ccc(Cl)cn2)CC1. The van der Waals surface area contributed by atoms with Crippen LogP contribution in [0.4, 0.5) is 5.82 Å². The van der Waals surface area contributed by atoms with Gasteiger partial charge in [0.2, 0.25) is 5.91 Å². The number of halogens is 1. The van der Waals surface area contributed by atoms with Gasteiger partial charge in [-0.15, -0.1) is 0 Å². The van der Waals surface area contributed by atoms with Crippen molar-refractivity contribution in [2.45, 2.75) is 18.9 Å². The van der Waals surface area contributed by atoms with Crippen LogP contribution in [0.25, 0.3) is 0 Å². The van der Waals surface area contributed by atoms with Crippen molar-refractivity contribution in [3.8, 4) is 0 Å². The summed E-state index contributed by atoms with van der Waals surface area (Å²) in [5, 5.41) is 10.9. The van der Waals surface area contributed by atoms with E-state index in [2.05, 4.69) is 14.8 Å². The first-order valence-electron chi connectivity index (χ1n) is 8.16. The molecule has 0 aromatic carbocycles. The van der Waals surface area contributed by atoms with Crippen LogP contribution in [0.1, 0.15) is 12.8 Å². The number of nitrogens with zero attached hydrogens (tertiary/aromatic N) is 4. The molecule has 1 aromatic rings. The predicted octanol–water partition coefficient (Wildman–Crippen LogP) is 0.840. The highest BCUT2D eigenvalue weighted by Gasteiger charge is 2.25. The molecule has 1 N–H and O–H groups in total. The van der Waals surface area contributed by atoms with Crippen LogP contribution in [-0.2, 0) is 4.79 Å². The van der Waals surface area contributed by atoms with Gasteiger partial charge in [0.15, 0.2) is 0 Å². The van der Waals surface area contributed by atoms with Crippen LogP contribution in [0, 0.1) is 0 Å². The molecule has 23 heavy (non-hydrogen) atoms. The second-order valence-corrected chi connectivity index (χ2v) is 6.66. The summed E-state index contributed by atoms with van der Waals surface area (Å²) in [6, 6.07) is 3.79. The summed E-state index contributed by atoms with van der Waals surface area (Å²) in [6.45, 7) is 5.38. The Balaban J connectivity index is 1.43. The van der Waals surface area contributed by atoms with Gasteiger partial charge in [-0.2, -0.15) is 0 Å². The van der Waals surface area contributed by atoms with Crippen molar-refractivity contribution < 1.29 is 9.90 Å². The standard InChI is InChI=1S/C16H23ClN4O2/c17-13-3-4-15(18-10-13)20-8-6-19(7-9-20)11-14(22)12-21-5-1-2-16(21)23/h3-4,10,14,22H,1-2,5-9,11-12H2. The van der Waals surface area contributed by atoms with E-state index in [0.717, 1.165) is 45.0 Å². The average molecular weight is 339 g/mol. The average Bonchev–Trinajstić information content (AvgIpc) is 2.94. The normalized spacial score (nSPS) is 21.0. The fraction of sp³-hybridized carbons (Fsp3) is 0.625. The first-order chi connectivity index (χ1) is 11.1. The Bertz CT molecular complexity index is 531. The molecule has 3 heterocycles. The molecule has 6 nitrogen and oxygen atoms in total. The summed E-state index contributed by atoms with van der Waals surface area (Å²) in [7, 11) is 0. The number of aliphatic hydroxyl groups is 1. The molecule has 2 aliphatic rings. The first-order valence-corrected chi connectivity index (χ1v) is 8.54. The van der Waals surface area contributed by atoms with Crippen LogP contribution in [0.3, 0.4) is 0 Å². The van der Waals surface area contributed by atoms with E-state index in [1.54, 1.807) is 11.1 Å². The first kappa shape index (κ1) is 16.5. The molecule has 0 radical (unpaired) electrons.